The van der Waals surface area contributed by atoms with Gasteiger partial charge in [-0.2, -0.15) is 27.2 Å². The summed E-state index contributed by atoms with van der Waals surface area (Å²) in [6.45, 7) is -2.42. The molecule has 0 fully saturated rings. The molecule has 0 amide bonds. The van der Waals surface area contributed by atoms with Crippen molar-refractivity contribution >= 4 is 0 Å². The zero-order valence-corrected chi connectivity index (χ0v) is 9.27. The van der Waals surface area contributed by atoms with Gasteiger partial charge in [0.15, 0.2) is 0 Å². The molecule has 104 valence electrons. The predicted octanol–water partition coefficient (Wildman–Crippen LogP) is 3.41. The van der Waals surface area contributed by atoms with Crippen LogP contribution in [0, 0.1) is 17.1 Å². The topological polar surface area (TPSA) is 33.0 Å². The van der Waals surface area contributed by atoms with Crippen molar-refractivity contribution < 1.29 is 31.1 Å². The molecular formula is C11H7F6NO. The molecule has 1 aromatic rings. The molecule has 0 saturated heterocycles. The summed E-state index contributed by atoms with van der Waals surface area (Å²) < 4.78 is 77.5. The van der Waals surface area contributed by atoms with Gasteiger partial charge in [0.25, 0.3) is 0 Å². The molecule has 1 aromatic carbocycles. The summed E-state index contributed by atoms with van der Waals surface area (Å²) in [4.78, 5) is 0. The van der Waals surface area contributed by atoms with Crippen molar-refractivity contribution in [2.45, 2.75) is 18.7 Å². The molecule has 0 N–H and O–H groups in total. The van der Waals surface area contributed by atoms with Gasteiger partial charge in [0, 0.05) is 0 Å². The van der Waals surface area contributed by atoms with Gasteiger partial charge in [0.2, 0.25) is 0 Å². The van der Waals surface area contributed by atoms with E-state index >= 15 is 0 Å². The zero-order valence-electron chi connectivity index (χ0n) is 9.27. The standard InChI is InChI=1S/C11H7F6NO/c12-9-2-1-7(3-8(9)4-18)5-19-6-10(13,14)11(15,16)17/h1-3H,5-6H2. The van der Waals surface area contributed by atoms with E-state index in [1.165, 1.54) is 6.07 Å². The first-order valence-electron chi connectivity index (χ1n) is 4.88. The molecule has 2 nitrogen and oxygen atoms in total. The molecular weight excluding hydrogens is 276 g/mol. The van der Waals surface area contributed by atoms with Crippen LogP contribution in [0.15, 0.2) is 18.2 Å². The van der Waals surface area contributed by atoms with Crippen LogP contribution in [0.1, 0.15) is 11.1 Å². The molecule has 0 saturated carbocycles. The number of benzene rings is 1. The van der Waals surface area contributed by atoms with E-state index in [4.69, 9.17) is 5.26 Å². The van der Waals surface area contributed by atoms with Crippen molar-refractivity contribution in [2.24, 2.45) is 0 Å². The van der Waals surface area contributed by atoms with Crippen molar-refractivity contribution in [3.8, 4) is 6.07 Å². The van der Waals surface area contributed by atoms with E-state index < -0.39 is 31.1 Å². The Kier molecular flexibility index (Phi) is 4.42. The van der Waals surface area contributed by atoms with Crippen LogP contribution >= 0.6 is 0 Å². The molecule has 0 bridgehead atoms. The number of hydrogen-bond donors (Lipinski definition) is 0. The van der Waals surface area contributed by atoms with E-state index in [2.05, 4.69) is 4.74 Å². The molecule has 0 spiro atoms. The molecule has 8 heteroatoms. The third-order valence-electron chi connectivity index (χ3n) is 2.12. The second-order valence-corrected chi connectivity index (χ2v) is 3.62. The van der Waals surface area contributed by atoms with E-state index in [1.54, 1.807) is 0 Å². The summed E-state index contributed by atoms with van der Waals surface area (Å²) in [5.41, 5.74) is -0.223. The lowest BCUT2D eigenvalue weighted by Crippen LogP contribution is -2.40. The Morgan fingerprint density at radius 3 is 2.32 bits per heavy atom. The van der Waals surface area contributed by atoms with Crippen molar-refractivity contribution in [1.29, 1.82) is 5.26 Å². The lowest BCUT2D eigenvalue weighted by molar-refractivity contribution is -0.297. The minimum atomic E-state index is -5.69. The number of alkyl halides is 5. The number of nitriles is 1. The monoisotopic (exact) mass is 283 g/mol. The van der Waals surface area contributed by atoms with Gasteiger partial charge in [-0.3, -0.25) is 0 Å². The summed E-state index contributed by atoms with van der Waals surface area (Å²) in [5.74, 6) is -5.77. The molecule has 1 rings (SSSR count). The maximum atomic E-state index is 12.9. The minimum absolute atomic E-state index is 0.121. The van der Waals surface area contributed by atoms with Gasteiger partial charge in [0.05, 0.1) is 12.2 Å². The van der Waals surface area contributed by atoms with E-state index in [1.807, 2.05) is 0 Å². The number of ether oxygens (including phenoxy) is 1. The molecule has 0 radical (unpaired) electrons. The fraction of sp³-hybridized carbons (Fsp3) is 0.364. The minimum Gasteiger partial charge on any atom is -0.370 e. The number of rotatable bonds is 4. The maximum absolute atomic E-state index is 12.9. The summed E-state index contributed by atoms with van der Waals surface area (Å²) in [7, 11) is 0. The Balaban J connectivity index is 2.62. The summed E-state index contributed by atoms with van der Waals surface area (Å²) in [6.07, 6.45) is -5.69. The van der Waals surface area contributed by atoms with Crippen LogP contribution < -0.4 is 0 Å². The Morgan fingerprint density at radius 2 is 1.79 bits per heavy atom. The van der Waals surface area contributed by atoms with Crippen LogP contribution in [0.2, 0.25) is 0 Å². The van der Waals surface area contributed by atoms with Gasteiger partial charge in [-0.15, -0.1) is 0 Å². The van der Waals surface area contributed by atoms with Gasteiger partial charge in [-0.1, -0.05) is 6.07 Å². The average Bonchev–Trinajstić information content (AvgIpc) is 2.29. The van der Waals surface area contributed by atoms with E-state index in [-0.39, 0.29) is 11.1 Å². The second kappa shape index (κ2) is 5.48. The van der Waals surface area contributed by atoms with Crippen molar-refractivity contribution in [1.82, 2.24) is 0 Å². The number of halogens is 6. The van der Waals surface area contributed by atoms with Gasteiger partial charge >= 0.3 is 12.1 Å². The molecule has 0 unspecified atom stereocenters. The van der Waals surface area contributed by atoms with Crippen LogP contribution in [0.25, 0.3) is 0 Å². The van der Waals surface area contributed by atoms with E-state index in [9.17, 15) is 26.3 Å². The quantitative estimate of drug-likeness (QED) is 0.793. The molecule has 0 aliphatic heterocycles. The average molecular weight is 283 g/mol. The number of hydrogen-bond acceptors (Lipinski definition) is 2. The van der Waals surface area contributed by atoms with Crippen LogP contribution in [-0.4, -0.2) is 18.7 Å². The second-order valence-electron chi connectivity index (χ2n) is 3.62. The highest BCUT2D eigenvalue weighted by molar-refractivity contribution is 5.34. The van der Waals surface area contributed by atoms with Crippen molar-refractivity contribution in [2.75, 3.05) is 6.61 Å². The van der Waals surface area contributed by atoms with Crippen LogP contribution in [0.4, 0.5) is 26.3 Å². The summed E-state index contributed by atoms with van der Waals surface area (Å²) in [5, 5.41) is 8.50. The lowest BCUT2D eigenvalue weighted by Gasteiger charge is -2.19. The number of nitrogens with zero attached hydrogens (tertiary/aromatic N) is 1. The van der Waals surface area contributed by atoms with Crippen molar-refractivity contribution in [3.05, 3.63) is 35.1 Å². The lowest BCUT2D eigenvalue weighted by atomic mass is 10.1. The Morgan fingerprint density at radius 1 is 1.16 bits per heavy atom. The Bertz CT molecular complexity index is 491. The fourth-order valence-corrected chi connectivity index (χ4v) is 1.13. The summed E-state index contributed by atoms with van der Waals surface area (Å²) >= 11 is 0. The normalized spacial score (nSPS) is 12.3. The predicted molar refractivity (Wildman–Crippen MR) is 51.8 cm³/mol. The molecule has 0 aliphatic carbocycles. The SMILES string of the molecule is N#Cc1cc(COCC(F)(F)C(F)(F)F)ccc1F. The summed E-state index contributed by atoms with van der Waals surface area (Å²) in [6, 6.07) is 4.55. The smallest absolute Gasteiger partial charge is 0.370 e. The molecule has 0 heterocycles. The van der Waals surface area contributed by atoms with Crippen molar-refractivity contribution in [3.63, 3.8) is 0 Å². The van der Waals surface area contributed by atoms with E-state index in [0.717, 1.165) is 18.2 Å². The van der Waals surface area contributed by atoms with Gasteiger partial charge in [-0.05, 0) is 17.7 Å². The first-order valence-corrected chi connectivity index (χ1v) is 4.88. The molecule has 0 atom stereocenters. The first kappa shape index (κ1) is 15.3. The van der Waals surface area contributed by atoms with Crippen LogP contribution in [0.3, 0.4) is 0 Å². The third kappa shape index (κ3) is 3.86. The van der Waals surface area contributed by atoms with Crippen LogP contribution in [-0.2, 0) is 11.3 Å². The largest absolute Gasteiger partial charge is 0.455 e. The molecule has 19 heavy (non-hydrogen) atoms. The van der Waals surface area contributed by atoms with E-state index in [0.29, 0.717) is 0 Å². The first-order chi connectivity index (χ1) is 8.67. The van der Waals surface area contributed by atoms with Crippen LogP contribution in [0.5, 0.6) is 0 Å². The Hall–Kier alpha value is -1.75. The maximum Gasteiger partial charge on any atom is 0.455 e. The van der Waals surface area contributed by atoms with Gasteiger partial charge in [0.1, 0.15) is 18.5 Å². The Labute approximate surface area is 104 Å². The third-order valence-corrected chi connectivity index (χ3v) is 2.12. The van der Waals surface area contributed by atoms with Gasteiger partial charge in [-0.25, -0.2) is 4.39 Å². The highest BCUT2D eigenvalue weighted by atomic mass is 19.4. The molecule has 0 aromatic heterocycles. The highest BCUT2D eigenvalue weighted by Gasteiger charge is 2.57. The molecule has 0 aliphatic rings. The highest BCUT2D eigenvalue weighted by Crippen LogP contribution is 2.35. The van der Waals surface area contributed by atoms with Gasteiger partial charge < -0.3 is 4.74 Å². The fourth-order valence-electron chi connectivity index (χ4n) is 1.13. The zero-order chi connectivity index (χ0) is 14.7.